The molecular formula is C101H100N12O12. The van der Waals surface area contributed by atoms with Crippen LogP contribution in [0.25, 0.3) is 97.0 Å². The number of piperidine rings is 4. The normalized spacial score (nSPS) is 17.3. The Balaban J connectivity index is 0.000000118. The average molecular weight is 1670 g/mol. The Kier molecular flexibility index (Phi) is 26.3. The van der Waals surface area contributed by atoms with E-state index < -0.39 is 0 Å². The van der Waals surface area contributed by atoms with E-state index in [9.17, 15) is 20.4 Å². The van der Waals surface area contributed by atoms with Gasteiger partial charge in [-0.2, -0.15) is 0 Å². The summed E-state index contributed by atoms with van der Waals surface area (Å²) in [6.07, 6.45) is 27.7. The molecule has 0 aliphatic carbocycles. The number of furan rings is 4. The van der Waals surface area contributed by atoms with E-state index in [1.54, 1.807) is 64.9 Å². The highest BCUT2D eigenvalue weighted by atomic mass is 16.5. The first-order valence-electron chi connectivity index (χ1n) is 43.1. The summed E-state index contributed by atoms with van der Waals surface area (Å²) in [4.78, 5) is 0. The molecule has 12 aromatic rings. The van der Waals surface area contributed by atoms with E-state index in [0.717, 1.165) is 177 Å². The molecule has 4 fully saturated rings. The van der Waals surface area contributed by atoms with Crippen molar-refractivity contribution in [3.05, 3.63) is 219 Å². The quantitative estimate of drug-likeness (QED) is 0.0370. The molecule has 8 aliphatic heterocycles. The summed E-state index contributed by atoms with van der Waals surface area (Å²) in [5.41, 5.74) is 15.0. The lowest BCUT2D eigenvalue weighted by molar-refractivity contribution is 0.345. The molecule has 0 bridgehead atoms. The molecule has 0 unspecified atom stereocenters. The largest absolute Gasteiger partial charge is 0.504 e. The van der Waals surface area contributed by atoms with Crippen molar-refractivity contribution in [3.63, 3.8) is 0 Å². The number of hydrogen-bond donors (Lipinski definition) is 8. The highest BCUT2D eigenvalue weighted by Crippen LogP contribution is 2.48. The molecule has 12 heterocycles. The summed E-state index contributed by atoms with van der Waals surface area (Å²) in [5, 5.41) is 93.2. The fourth-order valence-corrected chi connectivity index (χ4v) is 17.3. The third-order valence-corrected chi connectivity index (χ3v) is 24.3. The van der Waals surface area contributed by atoms with Crippen molar-refractivity contribution in [2.24, 2.45) is 64.6 Å². The van der Waals surface area contributed by atoms with E-state index in [1.807, 2.05) is 140 Å². The van der Waals surface area contributed by atoms with E-state index in [2.05, 4.69) is 91.9 Å². The molecule has 8 aromatic carbocycles. The number of rotatable bonds is 18. The zero-order valence-corrected chi connectivity index (χ0v) is 70.5. The van der Waals surface area contributed by atoms with Crippen molar-refractivity contribution in [3.8, 4) is 69.7 Å². The van der Waals surface area contributed by atoms with Gasteiger partial charge in [-0.15, -0.1) is 40.9 Å². The second-order valence-electron chi connectivity index (χ2n) is 32.1. The molecule has 4 aromatic heterocycles. The van der Waals surface area contributed by atoms with Gasteiger partial charge in [0.1, 0.15) is 45.3 Å². The maximum atomic E-state index is 10.9. The van der Waals surface area contributed by atoms with Crippen LogP contribution in [0.1, 0.15) is 157 Å². The number of ether oxygens (including phenoxy) is 4. The highest BCUT2D eigenvalue weighted by Gasteiger charge is 2.28. The summed E-state index contributed by atoms with van der Waals surface area (Å²) in [6, 6.07) is 45.6. The number of hydrogen-bond acceptors (Lipinski definition) is 24. The summed E-state index contributed by atoms with van der Waals surface area (Å²) >= 11 is 0. The van der Waals surface area contributed by atoms with Crippen LogP contribution in [0.2, 0.25) is 0 Å². The second-order valence-corrected chi connectivity index (χ2v) is 32.1. The topological polar surface area (TPSA) is 317 Å². The van der Waals surface area contributed by atoms with E-state index in [4.69, 9.17) is 36.6 Å². The Morgan fingerprint density at radius 2 is 0.712 bits per heavy atom. The maximum Gasteiger partial charge on any atom is 0.172 e. The van der Waals surface area contributed by atoms with Crippen LogP contribution in [0, 0.1) is 47.4 Å². The minimum Gasteiger partial charge on any atom is -0.504 e. The molecule has 24 heteroatoms. The fraction of sp³-hybridized carbons (Fsp3) is 0.307. The van der Waals surface area contributed by atoms with E-state index >= 15 is 0 Å². The van der Waals surface area contributed by atoms with Crippen LogP contribution < -0.4 is 40.2 Å². The lowest BCUT2D eigenvalue weighted by Gasteiger charge is -2.22. The van der Waals surface area contributed by atoms with Crippen LogP contribution in [-0.2, 0) is 6.42 Å². The van der Waals surface area contributed by atoms with Crippen LogP contribution in [0.3, 0.4) is 0 Å². The molecule has 0 spiro atoms. The van der Waals surface area contributed by atoms with Crippen LogP contribution in [0.15, 0.2) is 210 Å². The van der Waals surface area contributed by atoms with Crippen LogP contribution in [0.5, 0.6) is 46.0 Å². The van der Waals surface area contributed by atoms with E-state index in [0.29, 0.717) is 130 Å². The fourth-order valence-electron chi connectivity index (χ4n) is 17.3. The minimum atomic E-state index is 0.0612. The first-order valence-corrected chi connectivity index (χ1v) is 43.1. The average Bonchev–Trinajstić information content (AvgIpc) is 1.62. The number of aryl methyl sites for hydroxylation is 1. The molecule has 8 aliphatic rings. The predicted molar refractivity (Wildman–Crippen MR) is 490 cm³/mol. The number of nitrogens with zero attached hydrogens (tertiary/aromatic N) is 8. The molecule has 636 valence electrons. The molecule has 24 nitrogen and oxygen atoms in total. The van der Waals surface area contributed by atoms with Gasteiger partial charge in [0.2, 0.25) is 0 Å². The Morgan fingerprint density at radius 3 is 1.14 bits per heavy atom. The van der Waals surface area contributed by atoms with Crippen molar-refractivity contribution in [2.75, 3.05) is 80.8 Å². The van der Waals surface area contributed by atoms with Crippen LogP contribution in [-0.4, -0.2) is 101 Å². The number of allylic oxidation sites excluding steroid dienone is 1. The Labute approximate surface area is 724 Å². The first kappa shape index (κ1) is 83.6. The van der Waals surface area contributed by atoms with Crippen LogP contribution >= 0.6 is 0 Å². The van der Waals surface area contributed by atoms with Gasteiger partial charge in [0, 0.05) is 65.0 Å². The van der Waals surface area contributed by atoms with Gasteiger partial charge >= 0.3 is 0 Å². The third kappa shape index (κ3) is 18.7. The number of nitrogens with one attached hydrogen (secondary N) is 4. The first-order chi connectivity index (χ1) is 61.5. The summed E-state index contributed by atoms with van der Waals surface area (Å²) in [7, 11) is 6.55. The van der Waals surface area contributed by atoms with Crippen molar-refractivity contribution in [1.29, 1.82) is 0 Å². The maximum absolute atomic E-state index is 10.9. The highest BCUT2D eigenvalue weighted by molar-refractivity contribution is 6.01. The molecule has 0 amide bonds. The summed E-state index contributed by atoms with van der Waals surface area (Å²) in [6.45, 7) is 8.70. The van der Waals surface area contributed by atoms with Gasteiger partial charge in [-0.1, -0.05) is 115 Å². The Bertz CT molecular complexity index is 6420. The molecule has 8 N–H and O–H groups in total. The van der Waals surface area contributed by atoms with Gasteiger partial charge in [0.15, 0.2) is 57.2 Å². The Morgan fingerprint density at radius 1 is 0.368 bits per heavy atom. The third-order valence-electron chi connectivity index (χ3n) is 24.3. The number of azo groups is 4. The second kappa shape index (κ2) is 39.3. The number of aromatic hydroxyl groups is 4. The molecule has 0 saturated carbocycles. The number of fused-ring (bicyclic) bond motifs is 8. The minimum absolute atomic E-state index is 0.0612. The van der Waals surface area contributed by atoms with Crippen molar-refractivity contribution >= 4 is 120 Å². The molecular weight excluding hydrogens is 1570 g/mol. The predicted octanol–water partition coefficient (Wildman–Crippen LogP) is 23.6. The Hall–Kier alpha value is -13.6. The number of benzene rings is 8. The van der Waals surface area contributed by atoms with Gasteiger partial charge in [-0.3, -0.25) is 0 Å². The van der Waals surface area contributed by atoms with Gasteiger partial charge in [-0.25, -0.2) is 0 Å². The van der Waals surface area contributed by atoms with Gasteiger partial charge < -0.3 is 78.3 Å². The monoisotopic (exact) mass is 1670 g/mol. The molecule has 20 rings (SSSR count). The van der Waals surface area contributed by atoms with E-state index in [-0.39, 0.29) is 23.0 Å². The summed E-state index contributed by atoms with van der Waals surface area (Å²) < 4.78 is 46.7. The standard InChI is InChI=1S/C26H25N3O3.C25H27N3O3.C25H25N3O3.C25H23N3O3/c1-31-23-11-10-20-25(30)24(16-22-18-7-4-5-9-21(18)28-29-22)32-26(20)19(23)8-3-2-6-17-12-14-27-15-13-17;3*1-30-22-10-9-19-24(29)23(15-21-17-6-2-3-8-20(17)27-28-21)31-25(19)18(22)7-4-5-16-11-13-26-14-12-16/h4-5,7,9-11,16-17,27,30H,2,6,12-15H2,1H3;2-3,6,8-10,15-16,26,29H,4-5,7,11-14H2,1H3;2-4,6-10,15-16,26,29H,5,11-14H2,1H3;2-3,6,8-10,15-16,26,29H,5,11-14H2,1H3/b;;7-4-,21-15?;. The smallest absolute Gasteiger partial charge is 0.172 e. The van der Waals surface area contributed by atoms with Gasteiger partial charge in [0.25, 0.3) is 0 Å². The molecule has 125 heavy (non-hydrogen) atoms. The summed E-state index contributed by atoms with van der Waals surface area (Å²) in [5.74, 6) is 20.4. The zero-order valence-electron chi connectivity index (χ0n) is 70.5. The molecule has 4 saturated heterocycles. The number of methoxy groups -OCH3 is 4. The van der Waals surface area contributed by atoms with Crippen molar-refractivity contribution in [1.82, 2.24) is 21.3 Å². The SMILES string of the molecule is COc1ccc2c(O)c(C=C3N=Nc4ccccc43)oc2c1/C=C\CC1CCNCC1.COc1ccc2c(O)c(C=C3N=Nc4ccccc43)oc2c1C#CCC1CCNCC1.COc1ccc2c(O)c(C=C3N=Nc4ccccc43)oc2c1C#CCCC1CCNCC1.COc1ccc2c(O)c(C=C3N=Nc4ccccc43)oc2c1CCCC1CCNCC1. The molecule has 0 atom stereocenters. The zero-order chi connectivity index (χ0) is 85.5. The molecule has 0 radical (unpaired) electrons. The van der Waals surface area contributed by atoms with E-state index in [1.165, 1.54) is 44.9 Å². The van der Waals surface area contributed by atoms with Gasteiger partial charge in [0.05, 0.1) is 101 Å². The van der Waals surface area contributed by atoms with Crippen molar-refractivity contribution < 1.29 is 57.0 Å². The lowest BCUT2D eigenvalue weighted by atomic mass is 9.91. The lowest BCUT2D eigenvalue weighted by Crippen LogP contribution is -2.27. The van der Waals surface area contributed by atoms with Crippen molar-refractivity contribution in [2.45, 2.75) is 96.3 Å². The van der Waals surface area contributed by atoms with Crippen LogP contribution in [0.4, 0.5) is 22.7 Å². The van der Waals surface area contributed by atoms with Gasteiger partial charge in [-0.05, 0) is 226 Å².